The molecule has 2 aliphatic heterocycles. The smallest absolute Gasteiger partial charge is 0.243 e. The van der Waals surface area contributed by atoms with Crippen molar-refractivity contribution in [2.24, 2.45) is 4.99 Å². The lowest BCUT2D eigenvalue weighted by molar-refractivity contribution is 0.241. The molecule has 2 aromatic carbocycles. The van der Waals surface area contributed by atoms with Gasteiger partial charge in [-0.05, 0) is 79.5 Å². The van der Waals surface area contributed by atoms with Crippen LogP contribution in [0.1, 0.15) is 42.4 Å². The van der Waals surface area contributed by atoms with Crippen LogP contribution >= 0.6 is 0 Å². The van der Waals surface area contributed by atoms with Crippen LogP contribution in [0.2, 0.25) is 0 Å². The van der Waals surface area contributed by atoms with E-state index in [4.69, 9.17) is 9.73 Å². The van der Waals surface area contributed by atoms with Crippen LogP contribution in [0.5, 0.6) is 5.75 Å². The van der Waals surface area contributed by atoms with Crippen molar-refractivity contribution in [3.05, 3.63) is 59.2 Å². The highest BCUT2D eigenvalue weighted by molar-refractivity contribution is 7.89. The third kappa shape index (κ3) is 4.59. The van der Waals surface area contributed by atoms with E-state index in [1.165, 1.54) is 17.5 Å². The third-order valence-electron chi connectivity index (χ3n) is 7.45. The number of sulfonamides is 1. The predicted molar refractivity (Wildman–Crippen MR) is 134 cm³/mol. The number of hydrogen-bond acceptors (Lipinski definition) is 6. The maximum atomic E-state index is 13.4. The zero-order valence-electron chi connectivity index (χ0n) is 19.8. The Kier molecular flexibility index (Phi) is 6.64. The van der Waals surface area contributed by atoms with E-state index in [-0.39, 0.29) is 5.54 Å². The minimum absolute atomic E-state index is 0.299. The second kappa shape index (κ2) is 9.68. The first-order valence-corrected chi connectivity index (χ1v) is 13.7. The first-order valence-electron chi connectivity index (χ1n) is 12.3. The van der Waals surface area contributed by atoms with Gasteiger partial charge in [0.05, 0.1) is 24.1 Å². The summed E-state index contributed by atoms with van der Waals surface area (Å²) in [6, 6.07) is 13.7. The lowest BCUT2D eigenvalue weighted by Gasteiger charge is -2.44. The van der Waals surface area contributed by atoms with E-state index >= 15 is 0 Å². The van der Waals surface area contributed by atoms with Crippen molar-refractivity contribution in [2.75, 3.05) is 33.3 Å². The highest BCUT2D eigenvalue weighted by Crippen LogP contribution is 2.31. The number of nitrogens with one attached hydrogen (secondary N) is 2. The number of aliphatic imine (C=N–C) groups is 1. The van der Waals surface area contributed by atoms with Gasteiger partial charge in [0.1, 0.15) is 11.6 Å². The van der Waals surface area contributed by atoms with Crippen molar-refractivity contribution in [3.63, 3.8) is 0 Å². The summed E-state index contributed by atoms with van der Waals surface area (Å²) in [4.78, 5) is 5.24. The lowest BCUT2D eigenvalue weighted by Crippen LogP contribution is -2.64. The van der Waals surface area contributed by atoms with E-state index in [2.05, 4.69) is 10.6 Å². The number of ether oxygens (including phenoxy) is 1. The fraction of sp³-hybridized carbons (Fsp3) is 0.500. The molecule has 0 unspecified atom stereocenters. The van der Waals surface area contributed by atoms with Crippen LogP contribution in [-0.2, 0) is 29.4 Å². The molecule has 1 aliphatic carbocycles. The minimum atomic E-state index is -3.50. The zero-order chi connectivity index (χ0) is 23.6. The molecule has 0 saturated carbocycles. The Morgan fingerprint density at radius 1 is 1.06 bits per heavy atom. The molecule has 0 radical (unpaired) electrons. The number of rotatable bonds is 5. The Bertz CT molecular complexity index is 1150. The Morgan fingerprint density at radius 2 is 1.79 bits per heavy atom. The van der Waals surface area contributed by atoms with Crippen molar-refractivity contribution in [2.45, 2.75) is 55.5 Å². The van der Waals surface area contributed by atoms with Crippen molar-refractivity contribution < 1.29 is 13.2 Å². The SMILES string of the molecule is COc1ccc(CNC2=NCCNC23CCN(S(=O)(=O)c2ccc4c(c2)CCCC4)CC3)cc1. The monoisotopic (exact) mass is 482 g/mol. The fourth-order valence-electron chi connectivity index (χ4n) is 5.39. The number of fused-ring (bicyclic) bond motifs is 1. The molecular formula is C26H34N4O3S. The molecule has 5 rings (SSSR count). The zero-order valence-corrected chi connectivity index (χ0v) is 20.7. The number of benzene rings is 2. The van der Waals surface area contributed by atoms with E-state index in [0.717, 1.165) is 49.5 Å². The Morgan fingerprint density at radius 3 is 2.53 bits per heavy atom. The second-order valence-corrected chi connectivity index (χ2v) is 11.4. The fourth-order valence-corrected chi connectivity index (χ4v) is 6.89. The lowest BCUT2D eigenvalue weighted by atomic mass is 9.85. The van der Waals surface area contributed by atoms with Gasteiger partial charge in [0.25, 0.3) is 0 Å². The Balaban J connectivity index is 1.26. The molecule has 0 bridgehead atoms. The second-order valence-electron chi connectivity index (χ2n) is 9.48. The van der Waals surface area contributed by atoms with Crippen LogP contribution in [0, 0.1) is 0 Å². The first-order chi connectivity index (χ1) is 16.5. The molecule has 34 heavy (non-hydrogen) atoms. The largest absolute Gasteiger partial charge is 0.497 e. The molecule has 3 aliphatic rings. The van der Waals surface area contributed by atoms with Crippen LogP contribution in [0.15, 0.2) is 52.4 Å². The van der Waals surface area contributed by atoms with E-state index in [9.17, 15) is 8.42 Å². The van der Waals surface area contributed by atoms with Gasteiger partial charge >= 0.3 is 0 Å². The standard InChI is InChI=1S/C26H34N4O3S/c1-33-23-9-6-20(7-10-23)19-28-25-26(29-15-14-27-25)12-16-30(17-13-26)34(31,32)24-11-8-21-4-2-3-5-22(21)18-24/h6-11,18,29H,2-5,12-17,19H2,1H3,(H,27,28). The molecule has 182 valence electrons. The van der Waals surface area contributed by atoms with Gasteiger partial charge in [0, 0.05) is 26.2 Å². The van der Waals surface area contributed by atoms with Crippen molar-refractivity contribution in [3.8, 4) is 5.75 Å². The minimum Gasteiger partial charge on any atom is -0.497 e. The van der Waals surface area contributed by atoms with Gasteiger partial charge in [-0.15, -0.1) is 0 Å². The third-order valence-corrected chi connectivity index (χ3v) is 9.35. The molecule has 8 heteroatoms. The summed E-state index contributed by atoms with van der Waals surface area (Å²) in [5.41, 5.74) is 3.36. The number of hydrogen-bond donors (Lipinski definition) is 2. The number of piperidine rings is 1. The number of aryl methyl sites for hydroxylation is 2. The summed E-state index contributed by atoms with van der Waals surface area (Å²) >= 11 is 0. The number of nitrogens with zero attached hydrogens (tertiary/aromatic N) is 2. The highest BCUT2D eigenvalue weighted by Gasteiger charge is 2.43. The molecular weight excluding hydrogens is 448 g/mol. The van der Waals surface area contributed by atoms with Crippen molar-refractivity contribution in [1.29, 1.82) is 0 Å². The highest BCUT2D eigenvalue weighted by atomic mass is 32.2. The van der Waals surface area contributed by atoms with Crippen LogP contribution in [0.25, 0.3) is 0 Å². The van der Waals surface area contributed by atoms with Gasteiger partial charge in [0.2, 0.25) is 10.0 Å². The van der Waals surface area contributed by atoms with Crippen LogP contribution in [0.3, 0.4) is 0 Å². The summed E-state index contributed by atoms with van der Waals surface area (Å²) in [6.45, 7) is 3.17. The number of amidine groups is 1. The topological polar surface area (TPSA) is 83.0 Å². The number of methoxy groups -OCH3 is 1. The van der Waals surface area contributed by atoms with Gasteiger partial charge in [0.15, 0.2) is 0 Å². The molecule has 0 amide bonds. The van der Waals surface area contributed by atoms with Gasteiger partial charge in [-0.1, -0.05) is 18.2 Å². The molecule has 2 N–H and O–H groups in total. The molecule has 2 heterocycles. The first kappa shape index (κ1) is 23.3. The van der Waals surface area contributed by atoms with Gasteiger partial charge in [-0.2, -0.15) is 4.31 Å². The van der Waals surface area contributed by atoms with Crippen LogP contribution in [-0.4, -0.2) is 57.4 Å². The van der Waals surface area contributed by atoms with E-state index < -0.39 is 10.0 Å². The van der Waals surface area contributed by atoms with Gasteiger partial charge in [-0.3, -0.25) is 4.99 Å². The van der Waals surface area contributed by atoms with Crippen molar-refractivity contribution in [1.82, 2.24) is 14.9 Å². The maximum absolute atomic E-state index is 13.4. The predicted octanol–water partition coefficient (Wildman–Crippen LogP) is 2.89. The van der Waals surface area contributed by atoms with Crippen LogP contribution in [0.4, 0.5) is 0 Å². The van der Waals surface area contributed by atoms with E-state index in [0.29, 0.717) is 37.4 Å². The van der Waals surface area contributed by atoms with E-state index in [1.807, 2.05) is 36.4 Å². The Hall–Kier alpha value is -2.42. The summed E-state index contributed by atoms with van der Waals surface area (Å²) in [6.07, 6.45) is 5.76. The summed E-state index contributed by atoms with van der Waals surface area (Å²) in [7, 11) is -1.83. The summed E-state index contributed by atoms with van der Waals surface area (Å²) < 4.78 is 33.8. The summed E-state index contributed by atoms with van der Waals surface area (Å²) in [5.74, 6) is 1.78. The molecule has 0 aromatic heterocycles. The molecule has 1 fully saturated rings. The van der Waals surface area contributed by atoms with Crippen molar-refractivity contribution >= 4 is 15.9 Å². The quantitative estimate of drug-likeness (QED) is 0.685. The maximum Gasteiger partial charge on any atom is 0.243 e. The molecule has 1 saturated heterocycles. The van der Waals surface area contributed by atoms with E-state index in [1.54, 1.807) is 17.5 Å². The summed E-state index contributed by atoms with van der Waals surface area (Å²) in [5, 5.41) is 7.19. The molecule has 0 atom stereocenters. The average Bonchev–Trinajstić information content (AvgIpc) is 2.88. The molecule has 7 nitrogen and oxygen atoms in total. The van der Waals surface area contributed by atoms with Crippen LogP contribution < -0.4 is 15.4 Å². The van der Waals surface area contributed by atoms with Gasteiger partial charge < -0.3 is 15.4 Å². The Labute approximate surface area is 202 Å². The average molecular weight is 483 g/mol. The normalized spacial score (nSPS) is 20.4. The molecule has 2 aromatic rings. The molecule has 1 spiro atoms. The van der Waals surface area contributed by atoms with Gasteiger partial charge in [-0.25, -0.2) is 8.42 Å².